The van der Waals surface area contributed by atoms with Gasteiger partial charge in [0.15, 0.2) is 5.16 Å². The van der Waals surface area contributed by atoms with E-state index in [0.717, 1.165) is 48.5 Å². The topological polar surface area (TPSA) is 42.7 Å². The van der Waals surface area contributed by atoms with Gasteiger partial charge in [0.1, 0.15) is 5.82 Å². The van der Waals surface area contributed by atoms with Crippen LogP contribution < -0.4 is 5.32 Å². The van der Waals surface area contributed by atoms with Crippen molar-refractivity contribution in [1.29, 1.82) is 0 Å². The van der Waals surface area contributed by atoms with Crippen LogP contribution in [0.4, 0.5) is 0 Å². The van der Waals surface area contributed by atoms with E-state index in [9.17, 15) is 0 Å². The third kappa shape index (κ3) is 5.83. The zero-order valence-electron chi connectivity index (χ0n) is 14.1. The molecule has 1 aromatic heterocycles. The molecule has 126 valence electrons. The van der Waals surface area contributed by atoms with Gasteiger partial charge < -0.3 is 9.88 Å². The molecule has 1 heterocycles. The van der Waals surface area contributed by atoms with Crippen molar-refractivity contribution in [3.8, 4) is 0 Å². The molecule has 0 bridgehead atoms. The van der Waals surface area contributed by atoms with Gasteiger partial charge >= 0.3 is 0 Å². The molecule has 4 nitrogen and oxygen atoms in total. The molecule has 2 rings (SSSR count). The summed E-state index contributed by atoms with van der Waals surface area (Å²) < 4.78 is 2.26. The van der Waals surface area contributed by atoms with E-state index in [-0.39, 0.29) is 0 Å². The van der Waals surface area contributed by atoms with Crippen molar-refractivity contribution < 1.29 is 0 Å². The van der Waals surface area contributed by atoms with Crippen molar-refractivity contribution in [2.24, 2.45) is 5.92 Å². The predicted molar refractivity (Wildman–Crippen MR) is 98.1 cm³/mol. The SMILES string of the molecule is CSc1nnc(CCCNCc2cccc(Cl)c2)n1CC(C)C. The van der Waals surface area contributed by atoms with E-state index in [4.69, 9.17) is 11.6 Å². The highest BCUT2D eigenvalue weighted by Gasteiger charge is 2.12. The van der Waals surface area contributed by atoms with E-state index in [0.29, 0.717) is 5.92 Å². The second-order valence-electron chi connectivity index (χ2n) is 6.02. The smallest absolute Gasteiger partial charge is 0.190 e. The zero-order valence-corrected chi connectivity index (χ0v) is 15.6. The summed E-state index contributed by atoms with van der Waals surface area (Å²) in [4.78, 5) is 0. The maximum absolute atomic E-state index is 5.99. The Kier molecular flexibility index (Phi) is 7.40. The van der Waals surface area contributed by atoms with Gasteiger partial charge in [0.25, 0.3) is 0 Å². The number of hydrogen-bond donors (Lipinski definition) is 1. The summed E-state index contributed by atoms with van der Waals surface area (Å²) in [5.41, 5.74) is 1.21. The minimum atomic E-state index is 0.594. The molecule has 1 N–H and O–H groups in total. The van der Waals surface area contributed by atoms with Gasteiger partial charge in [-0.3, -0.25) is 0 Å². The summed E-state index contributed by atoms with van der Waals surface area (Å²) in [6.45, 7) is 7.22. The molecule has 0 aliphatic heterocycles. The fourth-order valence-corrected chi connectivity index (χ4v) is 3.19. The standard InChI is InChI=1S/C17H25ClN4S/c1-13(2)12-22-16(20-21-17(22)23-3)8-5-9-19-11-14-6-4-7-15(18)10-14/h4,6-7,10,13,19H,5,8-9,11-12H2,1-3H3. The number of thioether (sulfide) groups is 1. The molecule has 1 aromatic carbocycles. The van der Waals surface area contributed by atoms with Crippen LogP contribution in [0.1, 0.15) is 31.7 Å². The normalized spacial score (nSPS) is 11.3. The number of hydrogen-bond acceptors (Lipinski definition) is 4. The summed E-state index contributed by atoms with van der Waals surface area (Å²) >= 11 is 7.65. The van der Waals surface area contributed by atoms with Crippen molar-refractivity contribution in [1.82, 2.24) is 20.1 Å². The Morgan fingerprint density at radius 2 is 2.13 bits per heavy atom. The largest absolute Gasteiger partial charge is 0.313 e. The van der Waals surface area contributed by atoms with Crippen LogP contribution >= 0.6 is 23.4 Å². The summed E-state index contributed by atoms with van der Waals surface area (Å²) in [5, 5.41) is 13.9. The van der Waals surface area contributed by atoms with Crippen molar-refractivity contribution >= 4 is 23.4 Å². The Morgan fingerprint density at radius 3 is 2.83 bits per heavy atom. The zero-order chi connectivity index (χ0) is 16.7. The number of benzene rings is 1. The van der Waals surface area contributed by atoms with Crippen LogP contribution in [0.25, 0.3) is 0 Å². The lowest BCUT2D eigenvalue weighted by Gasteiger charge is -2.11. The monoisotopic (exact) mass is 352 g/mol. The van der Waals surface area contributed by atoms with Gasteiger partial charge in [-0.15, -0.1) is 10.2 Å². The molecule has 0 aliphatic rings. The first-order chi connectivity index (χ1) is 11.1. The molecule has 0 saturated heterocycles. The molecule has 0 saturated carbocycles. The number of nitrogens with one attached hydrogen (secondary N) is 1. The average Bonchev–Trinajstić information content (AvgIpc) is 2.88. The molecular weight excluding hydrogens is 328 g/mol. The number of aryl methyl sites for hydroxylation is 1. The summed E-state index contributed by atoms with van der Waals surface area (Å²) in [6, 6.07) is 7.97. The van der Waals surface area contributed by atoms with Gasteiger partial charge in [-0.2, -0.15) is 0 Å². The Balaban J connectivity index is 1.79. The highest BCUT2D eigenvalue weighted by atomic mass is 35.5. The van der Waals surface area contributed by atoms with E-state index in [2.05, 4.69) is 46.3 Å². The number of halogens is 1. The highest BCUT2D eigenvalue weighted by Crippen LogP contribution is 2.16. The Morgan fingerprint density at radius 1 is 1.30 bits per heavy atom. The van der Waals surface area contributed by atoms with E-state index in [1.807, 2.05) is 18.2 Å². The maximum atomic E-state index is 5.99. The first-order valence-electron chi connectivity index (χ1n) is 8.01. The predicted octanol–water partition coefficient (Wildman–Crippen LogP) is 4.03. The van der Waals surface area contributed by atoms with Gasteiger partial charge in [-0.05, 0) is 42.8 Å². The molecule has 23 heavy (non-hydrogen) atoms. The lowest BCUT2D eigenvalue weighted by molar-refractivity contribution is 0.475. The van der Waals surface area contributed by atoms with E-state index in [1.165, 1.54) is 5.56 Å². The van der Waals surface area contributed by atoms with Crippen LogP contribution in [0.2, 0.25) is 5.02 Å². The fourth-order valence-electron chi connectivity index (χ4n) is 2.45. The molecule has 6 heteroatoms. The molecule has 2 aromatic rings. The van der Waals surface area contributed by atoms with Crippen LogP contribution in [0, 0.1) is 5.92 Å². The molecule has 0 amide bonds. The number of nitrogens with zero attached hydrogens (tertiary/aromatic N) is 3. The van der Waals surface area contributed by atoms with Crippen LogP contribution in [-0.2, 0) is 19.5 Å². The highest BCUT2D eigenvalue weighted by molar-refractivity contribution is 7.98. The molecule has 0 fully saturated rings. The Bertz CT molecular complexity index is 612. The van der Waals surface area contributed by atoms with Crippen LogP contribution in [0.5, 0.6) is 0 Å². The van der Waals surface area contributed by atoms with Crippen LogP contribution in [0.15, 0.2) is 29.4 Å². The quantitative estimate of drug-likeness (QED) is 0.546. The minimum Gasteiger partial charge on any atom is -0.313 e. The molecular formula is C17H25ClN4S. The third-order valence-electron chi connectivity index (χ3n) is 3.50. The van der Waals surface area contributed by atoms with Crippen LogP contribution in [0.3, 0.4) is 0 Å². The van der Waals surface area contributed by atoms with Crippen molar-refractivity contribution in [3.05, 3.63) is 40.7 Å². The van der Waals surface area contributed by atoms with Gasteiger partial charge in [-0.25, -0.2) is 0 Å². The van der Waals surface area contributed by atoms with Crippen molar-refractivity contribution in [3.63, 3.8) is 0 Å². The second-order valence-corrected chi connectivity index (χ2v) is 7.23. The third-order valence-corrected chi connectivity index (χ3v) is 4.40. The van der Waals surface area contributed by atoms with Gasteiger partial charge in [-0.1, -0.05) is 49.3 Å². The van der Waals surface area contributed by atoms with Gasteiger partial charge in [0, 0.05) is 24.5 Å². The minimum absolute atomic E-state index is 0.594. The Labute approximate surface area is 148 Å². The molecule has 0 radical (unpaired) electrons. The number of aromatic nitrogens is 3. The van der Waals surface area contributed by atoms with Gasteiger partial charge in [0.05, 0.1) is 0 Å². The molecule has 0 atom stereocenters. The lowest BCUT2D eigenvalue weighted by Crippen LogP contribution is -2.16. The van der Waals surface area contributed by atoms with E-state index >= 15 is 0 Å². The lowest BCUT2D eigenvalue weighted by atomic mass is 10.2. The van der Waals surface area contributed by atoms with Crippen molar-refractivity contribution in [2.45, 2.75) is 44.9 Å². The summed E-state index contributed by atoms with van der Waals surface area (Å²) in [5.74, 6) is 1.68. The first-order valence-corrected chi connectivity index (χ1v) is 9.61. The van der Waals surface area contributed by atoms with Crippen molar-refractivity contribution in [2.75, 3.05) is 12.8 Å². The molecule has 0 aliphatic carbocycles. The van der Waals surface area contributed by atoms with Gasteiger partial charge in [0.2, 0.25) is 0 Å². The van der Waals surface area contributed by atoms with E-state index < -0.39 is 0 Å². The first kappa shape index (κ1) is 18.3. The number of rotatable bonds is 9. The fraction of sp³-hybridized carbons (Fsp3) is 0.529. The van der Waals surface area contributed by atoms with E-state index in [1.54, 1.807) is 11.8 Å². The second kappa shape index (κ2) is 9.30. The summed E-state index contributed by atoms with van der Waals surface area (Å²) in [6.07, 6.45) is 4.05. The Hall–Kier alpha value is -1.04. The molecule has 0 spiro atoms. The maximum Gasteiger partial charge on any atom is 0.190 e. The molecule has 0 unspecified atom stereocenters. The average molecular weight is 353 g/mol. The summed E-state index contributed by atoms with van der Waals surface area (Å²) in [7, 11) is 0. The van der Waals surface area contributed by atoms with Crippen LogP contribution in [-0.4, -0.2) is 27.6 Å².